The van der Waals surface area contributed by atoms with Crippen LogP contribution in [0.15, 0.2) is 48.8 Å². The molecule has 0 atom stereocenters. The summed E-state index contributed by atoms with van der Waals surface area (Å²) in [4.78, 5) is 19.1. The molecule has 1 amide bonds. The molecule has 0 radical (unpaired) electrons. The Hall–Kier alpha value is -2.82. The van der Waals surface area contributed by atoms with Gasteiger partial charge in [-0.05, 0) is 42.3 Å². The first-order chi connectivity index (χ1) is 11.2. The van der Waals surface area contributed by atoms with Crippen molar-refractivity contribution in [2.75, 3.05) is 11.9 Å². The summed E-state index contributed by atoms with van der Waals surface area (Å²) in [5.41, 5.74) is 3.79. The van der Waals surface area contributed by atoms with Gasteiger partial charge in [0.2, 0.25) is 5.91 Å². The molecule has 0 aliphatic heterocycles. The van der Waals surface area contributed by atoms with Crippen molar-refractivity contribution in [2.24, 2.45) is 0 Å². The lowest BCUT2D eigenvalue weighted by Crippen LogP contribution is -2.15. The minimum absolute atomic E-state index is 0.0750. The molecule has 0 fully saturated rings. The second-order valence-electron chi connectivity index (χ2n) is 5.28. The molecule has 0 spiro atoms. The van der Waals surface area contributed by atoms with Gasteiger partial charge in [0, 0.05) is 5.69 Å². The Morgan fingerprint density at radius 3 is 2.83 bits per heavy atom. The van der Waals surface area contributed by atoms with Crippen LogP contribution in [0.2, 0.25) is 0 Å². The maximum absolute atomic E-state index is 12.0. The van der Waals surface area contributed by atoms with Crippen molar-refractivity contribution < 1.29 is 9.53 Å². The summed E-state index contributed by atoms with van der Waals surface area (Å²) in [5.74, 6) is 0.711. The molecule has 0 bridgehead atoms. The number of amides is 1. The number of aryl methyl sites for hydroxylation is 1. The molecule has 3 aromatic rings. The van der Waals surface area contributed by atoms with E-state index < -0.39 is 0 Å². The number of hydrogen-bond donors (Lipinski definition) is 2. The first kappa shape index (κ1) is 15.1. The third-order valence-corrected chi connectivity index (χ3v) is 3.63. The lowest BCUT2D eigenvalue weighted by atomic mass is 10.2. The van der Waals surface area contributed by atoms with Gasteiger partial charge in [0.25, 0.3) is 0 Å². The number of hydrogen-bond acceptors (Lipinski definition) is 3. The Kier molecular flexibility index (Phi) is 4.57. The number of imidazole rings is 1. The van der Waals surface area contributed by atoms with E-state index in [0.717, 1.165) is 28.9 Å². The van der Waals surface area contributed by atoms with Crippen LogP contribution in [0.3, 0.4) is 0 Å². The highest BCUT2D eigenvalue weighted by Gasteiger charge is 2.05. The zero-order valence-corrected chi connectivity index (χ0v) is 13.0. The normalized spacial score (nSPS) is 10.7. The Morgan fingerprint density at radius 1 is 1.22 bits per heavy atom. The van der Waals surface area contributed by atoms with Crippen LogP contribution in [-0.4, -0.2) is 22.5 Å². The second kappa shape index (κ2) is 6.96. The van der Waals surface area contributed by atoms with E-state index in [9.17, 15) is 4.79 Å². The average molecular weight is 309 g/mol. The smallest absolute Gasteiger partial charge is 0.227 e. The fourth-order valence-electron chi connectivity index (χ4n) is 2.32. The summed E-state index contributed by atoms with van der Waals surface area (Å²) in [7, 11) is 0. The molecule has 1 aromatic heterocycles. The molecule has 1 heterocycles. The van der Waals surface area contributed by atoms with Crippen LogP contribution in [0.4, 0.5) is 5.69 Å². The molecule has 5 nitrogen and oxygen atoms in total. The number of ether oxygens (including phenoxy) is 1. The Bertz CT molecular complexity index is 793. The number of anilines is 1. The van der Waals surface area contributed by atoms with Gasteiger partial charge in [0.15, 0.2) is 0 Å². The summed E-state index contributed by atoms with van der Waals surface area (Å²) < 4.78 is 5.59. The molecule has 0 saturated carbocycles. The van der Waals surface area contributed by atoms with E-state index in [1.54, 1.807) is 6.33 Å². The standard InChI is InChI=1S/C18H19N3O2/c1-2-13-3-6-15(7-4-13)23-10-9-18(22)21-14-5-8-16-17(11-14)20-12-19-16/h3-8,11-12H,2,9-10H2,1H3,(H,19,20)(H,21,22). The van der Waals surface area contributed by atoms with Crippen molar-refractivity contribution in [3.63, 3.8) is 0 Å². The Labute approximate surface area is 134 Å². The molecule has 2 N–H and O–H groups in total. The Morgan fingerprint density at radius 2 is 2.04 bits per heavy atom. The number of aromatic nitrogens is 2. The predicted molar refractivity (Wildman–Crippen MR) is 90.7 cm³/mol. The van der Waals surface area contributed by atoms with Crippen molar-refractivity contribution in [2.45, 2.75) is 19.8 Å². The zero-order chi connectivity index (χ0) is 16.1. The number of H-pyrrole nitrogens is 1. The van der Waals surface area contributed by atoms with Gasteiger partial charge in [0.05, 0.1) is 30.4 Å². The highest BCUT2D eigenvalue weighted by molar-refractivity contribution is 5.93. The lowest BCUT2D eigenvalue weighted by Gasteiger charge is -2.08. The van der Waals surface area contributed by atoms with Crippen LogP contribution in [-0.2, 0) is 11.2 Å². The van der Waals surface area contributed by atoms with Crippen LogP contribution in [0.1, 0.15) is 18.9 Å². The highest BCUT2D eigenvalue weighted by Crippen LogP contribution is 2.16. The van der Waals surface area contributed by atoms with Crippen LogP contribution < -0.4 is 10.1 Å². The number of rotatable bonds is 6. The van der Waals surface area contributed by atoms with Crippen molar-refractivity contribution in [3.8, 4) is 5.75 Å². The summed E-state index contributed by atoms with van der Waals surface area (Å²) in [6.45, 7) is 2.46. The number of nitrogens with one attached hydrogen (secondary N) is 2. The number of nitrogens with zero attached hydrogens (tertiary/aromatic N) is 1. The van der Waals surface area contributed by atoms with E-state index in [2.05, 4.69) is 22.2 Å². The maximum Gasteiger partial charge on any atom is 0.227 e. The molecular formula is C18H19N3O2. The summed E-state index contributed by atoms with van der Waals surface area (Å²) in [6, 6.07) is 13.5. The number of benzene rings is 2. The summed E-state index contributed by atoms with van der Waals surface area (Å²) >= 11 is 0. The van der Waals surface area contributed by atoms with Gasteiger partial charge in [-0.25, -0.2) is 4.98 Å². The van der Waals surface area contributed by atoms with Crippen molar-refractivity contribution in [1.82, 2.24) is 9.97 Å². The SMILES string of the molecule is CCc1ccc(OCCC(=O)Nc2ccc3nc[nH]c3c2)cc1. The quantitative estimate of drug-likeness (QED) is 0.732. The maximum atomic E-state index is 12.0. The van der Waals surface area contributed by atoms with Crippen LogP contribution >= 0.6 is 0 Å². The molecule has 23 heavy (non-hydrogen) atoms. The molecule has 2 aromatic carbocycles. The minimum Gasteiger partial charge on any atom is -0.493 e. The number of carbonyl (C=O) groups excluding carboxylic acids is 1. The number of carbonyl (C=O) groups is 1. The third kappa shape index (κ3) is 3.88. The summed E-state index contributed by atoms with van der Waals surface area (Å²) in [6.07, 6.45) is 2.94. The van der Waals surface area contributed by atoms with Gasteiger partial charge in [0.1, 0.15) is 5.75 Å². The first-order valence-corrected chi connectivity index (χ1v) is 7.69. The largest absolute Gasteiger partial charge is 0.493 e. The first-order valence-electron chi connectivity index (χ1n) is 7.69. The number of aromatic amines is 1. The Balaban J connectivity index is 1.48. The highest BCUT2D eigenvalue weighted by atomic mass is 16.5. The van der Waals surface area contributed by atoms with E-state index >= 15 is 0 Å². The summed E-state index contributed by atoms with van der Waals surface area (Å²) in [5, 5.41) is 2.86. The van der Waals surface area contributed by atoms with Gasteiger partial charge < -0.3 is 15.0 Å². The molecule has 118 valence electrons. The molecule has 5 heteroatoms. The van der Waals surface area contributed by atoms with Crippen LogP contribution in [0.5, 0.6) is 5.75 Å². The zero-order valence-electron chi connectivity index (χ0n) is 13.0. The molecule has 0 aliphatic carbocycles. The monoisotopic (exact) mass is 309 g/mol. The van der Waals surface area contributed by atoms with Crippen molar-refractivity contribution in [3.05, 3.63) is 54.4 Å². The molecule has 0 unspecified atom stereocenters. The third-order valence-electron chi connectivity index (χ3n) is 3.63. The molecule has 3 rings (SSSR count). The van der Waals surface area contributed by atoms with Gasteiger partial charge in [-0.3, -0.25) is 4.79 Å². The van der Waals surface area contributed by atoms with Crippen molar-refractivity contribution >= 4 is 22.6 Å². The van der Waals surface area contributed by atoms with Crippen molar-refractivity contribution in [1.29, 1.82) is 0 Å². The average Bonchev–Trinajstić information content (AvgIpc) is 3.03. The minimum atomic E-state index is -0.0750. The second-order valence-corrected chi connectivity index (χ2v) is 5.28. The van der Waals surface area contributed by atoms with Crippen LogP contribution in [0.25, 0.3) is 11.0 Å². The van der Waals surface area contributed by atoms with E-state index in [-0.39, 0.29) is 5.91 Å². The topological polar surface area (TPSA) is 67.0 Å². The molecular weight excluding hydrogens is 290 g/mol. The van der Waals surface area contributed by atoms with E-state index in [1.165, 1.54) is 5.56 Å². The molecule has 0 aliphatic rings. The van der Waals surface area contributed by atoms with Gasteiger partial charge in [-0.15, -0.1) is 0 Å². The lowest BCUT2D eigenvalue weighted by molar-refractivity contribution is -0.116. The fourth-order valence-corrected chi connectivity index (χ4v) is 2.32. The molecule has 0 saturated heterocycles. The van der Waals surface area contributed by atoms with E-state index in [0.29, 0.717) is 13.0 Å². The number of fused-ring (bicyclic) bond motifs is 1. The predicted octanol–water partition coefficient (Wildman–Crippen LogP) is 3.53. The van der Waals surface area contributed by atoms with Crippen LogP contribution in [0, 0.1) is 0 Å². The van der Waals surface area contributed by atoms with E-state index in [4.69, 9.17) is 4.74 Å². The van der Waals surface area contributed by atoms with Gasteiger partial charge in [-0.2, -0.15) is 0 Å². The van der Waals surface area contributed by atoms with Gasteiger partial charge in [-0.1, -0.05) is 19.1 Å². The fraction of sp³-hybridized carbons (Fsp3) is 0.222. The van der Waals surface area contributed by atoms with E-state index in [1.807, 2.05) is 42.5 Å². The van der Waals surface area contributed by atoms with Gasteiger partial charge >= 0.3 is 0 Å².